The highest BCUT2D eigenvalue weighted by Gasteiger charge is 2.09. The molecule has 1 atom stereocenters. The molecule has 1 unspecified atom stereocenters. The van der Waals surface area contributed by atoms with Crippen molar-refractivity contribution < 1.29 is 9.90 Å². The van der Waals surface area contributed by atoms with Crippen LogP contribution in [0, 0.1) is 0 Å². The van der Waals surface area contributed by atoms with Crippen molar-refractivity contribution in [1.82, 2.24) is 15.0 Å². The molecule has 100 valence electrons. The van der Waals surface area contributed by atoms with E-state index in [-0.39, 0.29) is 12.5 Å². The summed E-state index contributed by atoms with van der Waals surface area (Å²) in [5.41, 5.74) is 1.15. The van der Waals surface area contributed by atoms with Crippen LogP contribution in [0.1, 0.15) is 18.7 Å². The zero-order valence-electron chi connectivity index (χ0n) is 10.2. The number of aromatic nitrogens is 3. The van der Waals surface area contributed by atoms with Crippen LogP contribution in [0.5, 0.6) is 0 Å². The maximum Gasteiger partial charge on any atom is 0.246 e. The molecule has 1 aromatic heterocycles. The second-order valence-corrected chi connectivity index (χ2v) is 4.99. The summed E-state index contributed by atoms with van der Waals surface area (Å²) in [6.07, 6.45) is 0.856. The zero-order chi connectivity index (χ0) is 13.8. The Kier molecular flexibility index (Phi) is 4.28. The molecule has 2 rings (SSSR count). The summed E-state index contributed by atoms with van der Waals surface area (Å²) in [5, 5.41) is 19.6. The first-order valence-corrected chi connectivity index (χ1v) is 6.47. The minimum atomic E-state index is -0.691. The number of aliphatic hydroxyl groups is 1. The molecule has 0 bridgehead atoms. The standard InChI is InChI=1S/C12H13BrN4O2/c1-8(18)11-6-17(16-15-11)7-12(19)14-10-4-2-9(13)3-5-10/h2-6,8,18H,7H2,1H3,(H,14,19). The lowest BCUT2D eigenvalue weighted by atomic mass is 10.3. The topological polar surface area (TPSA) is 80.0 Å². The van der Waals surface area contributed by atoms with Crippen LogP contribution in [-0.2, 0) is 11.3 Å². The van der Waals surface area contributed by atoms with Gasteiger partial charge in [0.2, 0.25) is 5.91 Å². The molecule has 0 radical (unpaired) electrons. The van der Waals surface area contributed by atoms with Gasteiger partial charge >= 0.3 is 0 Å². The molecule has 1 heterocycles. The van der Waals surface area contributed by atoms with Crippen LogP contribution in [-0.4, -0.2) is 26.0 Å². The van der Waals surface area contributed by atoms with Crippen LogP contribution >= 0.6 is 15.9 Å². The first kappa shape index (κ1) is 13.7. The van der Waals surface area contributed by atoms with E-state index in [2.05, 4.69) is 31.6 Å². The van der Waals surface area contributed by atoms with Gasteiger partial charge in [-0.15, -0.1) is 5.10 Å². The third-order valence-corrected chi connectivity index (χ3v) is 2.95. The molecule has 6 nitrogen and oxygen atoms in total. The van der Waals surface area contributed by atoms with E-state index in [9.17, 15) is 9.90 Å². The normalized spacial score (nSPS) is 12.2. The van der Waals surface area contributed by atoms with Crippen molar-refractivity contribution in [2.75, 3.05) is 5.32 Å². The Morgan fingerprint density at radius 1 is 1.47 bits per heavy atom. The van der Waals surface area contributed by atoms with Gasteiger partial charge in [-0.25, -0.2) is 4.68 Å². The number of nitrogens with one attached hydrogen (secondary N) is 1. The van der Waals surface area contributed by atoms with Crippen LogP contribution in [0.2, 0.25) is 0 Å². The van der Waals surface area contributed by atoms with Crippen molar-refractivity contribution in [1.29, 1.82) is 0 Å². The number of halogens is 1. The lowest BCUT2D eigenvalue weighted by Gasteiger charge is -2.04. The Hall–Kier alpha value is -1.73. The predicted molar refractivity (Wildman–Crippen MR) is 73.4 cm³/mol. The van der Waals surface area contributed by atoms with Crippen LogP contribution in [0.3, 0.4) is 0 Å². The maximum atomic E-state index is 11.8. The molecule has 0 saturated heterocycles. The van der Waals surface area contributed by atoms with Gasteiger partial charge in [-0.2, -0.15) is 0 Å². The van der Waals surface area contributed by atoms with Crippen molar-refractivity contribution in [2.45, 2.75) is 19.6 Å². The molecule has 19 heavy (non-hydrogen) atoms. The average molecular weight is 325 g/mol. The molecule has 0 fully saturated rings. The van der Waals surface area contributed by atoms with Crippen molar-refractivity contribution in [3.05, 3.63) is 40.6 Å². The van der Waals surface area contributed by atoms with E-state index in [4.69, 9.17) is 0 Å². The molecular weight excluding hydrogens is 312 g/mol. The number of amides is 1. The molecule has 0 aliphatic heterocycles. The van der Waals surface area contributed by atoms with Gasteiger partial charge in [-0.05, 0) is 31.2 Å². The summed E-state index contributed by atoms with van der Waals surface area (Å²) in [4.78, 5) is 11.8. The molecule has 1 amide bonds. The number of carbonyl (C=O) groups is 1. The molecule has 0 aliphatic carbocycles. The number of nitrogens with zero attached hydrogens (tertiary/aromatic N) is 3. The monoisotopic (exact) mass is 324 g/mol. The Morgan fingerprint density at radius 2 is 2.16 bits per heavy atom. The van der Waals surface area contributed by atoms with Crippen molar-refractivity contribution in [3.63, 3.8) is 0 Å². The largest absolute Gasteiger partial charge is 0.387 e. The minimum Gasteiger partial charge on any atom is -0.387 e. The van der Waals surface area contributed by atoms with Gasteiger partial charge in [0, 0.05) is 10.2 Å². The van der Waals surface area contributed by atoms with Crippen molar-refractivity contribution in [2.24, 2.45) is 0 Å². The molecule has 0 spiro atoms. The Bertz CT molecular complexity index is 565. The van der Waals surface area contributed by atoms with Crippen molar-refractivity contribution >= 4 is 27.5 Å². The fourth-order valence-corrected chi connectivity index (χ4v) is 1.73. The number of aliphatic hydroxyl groups excluding tert-OH is 1. The van der Waals surface area contributed by atoms with Gasteiger partial charge in [0.1, 0.15) is 12.2 Å². The fourth-order valence-electron chi connectivity index (χ4n) is 1.46. The highest BCUT2D eigenvalue weighted by atomic mass is 79.9. The number of anilines is 1. The maximum absolute atomic E-state index is 11.8. The van der Waals surface area contributed by atoms with E-state index < -0.39 is 6.10 Å². The number of rotatable bonds is 4. The lowest BCUT2D eigenvalue weighted by Crippen LogP contribution is -2.19. The smallest absolute Gasteiger partial charge is 0.246 e. The molecule has 1 aromatic carbocycles. The second-order valence-electron chi connectivity index (χ2n) is 4.07. The lowest BCUT2D eigenvalue weighted by molar-refractivity contribution is -0.116. The van der Waals surface area contributed by atoms with Gasteiger partial charge < -0.3 is 10.4 Å². The fraction of sp³-hybridized carbons (Fsp3) is 0.250. The molecular formula is C12H13BrN4O2. The van der Waals surface area contributed by atoms with E-state index in [0.717, 1.165) is 4.47 Å². The summed E-state index contributed by atoms with van der Waals surface area (Å²) < 4.78 is 2.33. The molecule has 0 saturated carbocycles. The minimum absolute atomic E-state index is 0.0514. The van der Waals surface area contributed by atoms with Crippen LogP contribution in [0.4, 0.5) is 5.69 Å². The molecule has 0 aliphatic rings. The van der Waals surface area contributed by atoms with Gasteiger partial charge in [0.15, 0.2) is 0 Å². The average Bonchev–Trinajstić information content (AvgIpc) is 2.80. The first-order valence-electron chi connectivity index (χ1n) is 5.68. The highest BCUT2D eigenvalue weighted by Crippen LogP contribution is 2.14. The van der Waals surface area contributed by atoms with E-state index in [1.807, 2.05) is 12.1 Å². The van der Waals surface area contributed by atoms with E-state index in [1.54, 1.807) is 25.3 Å². The third-order valence-electron chi connectivity index (χ3n) is 2.42. The number of hydrogen-bond donors (Lipinski definition) is 2. The first-order chi connectivity index (χ1) is 9.04. The van der Waals surface area contributed by atoms with E-state index >= 15 is 0 Å². The van der Waals surface area contributed by atoms with E-state index in [0.29, 0.717) is 11.4 Å². The van der Waals surface area contributed by atoms with Gasteiger partial charge in [-0.3, -0.25) is 4.79 Å². The van der Waals surface area contributed by atoms with Gasteiger partial charge in [-0.1, -0.05) is 21.1 Å². The Morgan fingerprint density at radius 3 is 2.74 bits per heavy atom. The number of benzene rings is 1. The van der Waals surface area contributed by atoms with Crippen LogP contribution in [0.15, 0.2) is 34.9 Å². The summed E-state index contributed by atoms with van der Waals surface area (Å²) in [5.74, 6) is -0.204. The molecule has 2 aromatic rings. The van der Waals surface area contributed by atoms with Crippen LogP contribution in [0.25, 0.3) is 0 Å². The zero-order valence-corrected chi connectivity index (χ0v) is 11.8. The summed E-state index contributed by atoms with van der Waals surface area (Å²) in [6, 6.07) is 7.28. The van der Waals surface area contributed by atoms with Crippen molar-refractivity contribution in [3.8, 4) is 0 Å². The summed E-state index contributed by atoms with van der Waals surface area (Å²) in [6.45, 7) is 1.64. The highest BCUT2D eigenvalue weighted by molar-refractivity contribution is 9.10. The SMILES string of the molecule is CC(O)c1cn(CC(=O)Nc2ccc(Br)cc2)nn1. The quantitative estimate of drug-likeness (QED) is 0.897. The molecule has 2 N–H and O–H groups in total. The predicted octanol–water partition coefficient (Wildman–Crippen LogP) is 1.73. The Balaban J connectivity index is 1.95. The Labute approximate surface area is 118 Å². The number of hydrogen-bond acceptors (Lipinski definition) is 4. The van der Waals surface area contributed by atoms with E-state index in [1.165, 1.54) is 4.68 Å². The van der Waals surface area contributed by atoms with Gasteiger partial charge in [0.25, 0.3) is 0 Å². The second kappa shape index (κ2) is 5.94. The molecule has 7 heteroatoms. The summed E-state index contributed by atoms with van der Waals surface area (Å²) in [7, 11) is 0. The number of carbonyl (C=O) groups excluding carboxylic acids is 1. The van der Waals surface area contributed by atoms with Gasteiger partial charge in [0.05, 0.1) is 12.3 Å². The third kappa shape index (κ3) is 3.87. The summed E-state index contributed by atoms with van der Waals surface area (Å²) >= 11 is 3.32. The van der Waals surface area contributed by atoms with Crippen LogP contribution < -0.4 is 5.32 Å².